The molecule has 1 aromatic carbocycles. The normalized spacial score (nSPS) is 12.9. The van der Waals surface area contributed by atoms with Crippen molar-refractivity contribution in [3.05, 3.63) is 43.5 Å². The third-order valence-electron chi connectivity index (χ3n) is 2.80. The predicted molar refractivity (Wildman–Crippen MR) is 74.8 cm³/mol. The maximum atomic E-state index is 12.3. The zero-order chi connectivity index (χ0) is 13.4. The molecule has 2 rings (SSSR count). The molecule has 1 atom stereocenters. The van der Waals surface area contributed by atoms with Crippen molar-refractivity contribution in [2.24, 2.45) is 12.8 Å². The van der Waals surface area contributed by atoms with E-state index < -0.39 is 0 Å². The molecular formula is C12H14BrN3O2. The molecule has 0 saturated heterocycles. The summed E-state index contributed by atoms with van der Waals surface area (Å²) in [5.74, 6) is 0. The maximum absolute atomic E-state index is 12.3. The van der Waals surface area contributed by atoms with Gasteiger partial charge in [0.05, 0.1) is 10.9 Å². The summed E-state index contributed by atoms with van der Waals surface area (Å²) < 4.78 is 3.32. The monoisotopic (exact) mass is 311 g/mol. The number of hydrogen-bond acceptors (Lipinski definition) is 3. The Morgan fingerprint density at radius 1 is 1.39 bits per heavy atom. The zero-order valence-corrected chi connectivity index (χ0v) is 11.8. The molecule has 2 N–H and O–H groups in total. The Labute approximate surface area is 112 Å². The minimum atomic E-state index is -0.345. The van der Waals surface area contributed by atoms with E-state index in [1.807, 2.05) is 0 Å². The molecule has 0 saturated carbocycles. The van der Waals surface area contributed by atoms with E-state index in [9.17, 15) is 9.59 Å². The van der Waals surface area contributed by atoms with E-state index in [0.717, 1.165) is 0 Å². The SMILES string of the molecule is CC(N)Cn1c(=O)c2c(Br)cccc2n(C)c1=O. The van der Waals surface area contributed by atoms with E-state index in [1.165, 1.54) is 9.13 Å². The lowest BCUT2D eigenvalue weighted by molar-refractivity contribution is 0.538. The Kier molecular flexibility index (Phi) is 3.41. The first-order valence-electron chi connectivity index (χ1n) is 5.57. The summed E-state index contributed by atoms with van der Waals surface area (Å²) >= 11 is 3.35. The van der Waals surface area contributed by atoms with Gasteiger partial charge in [-0.15, -0.1) is 0 Å². The molecule has 96 valence electrons. The van der Waals surface area contributed by atoms with E-state index in [4.69, 9.17) is 5.73 Å². The predicted octanol–water partition coefficient (Wildman–Crippen LogP) is 0.810. The summed E-state index contributed by atoms with van der Waals surface area (Å²) in [5, 5.41) is 0.500. The Bertz CT molecular complexity index is 716. The van der Waals surface area contributed by atoms with E-state index in [1.54, 1.807) is 32.2 Å². The fourth-order valence-corrected chi connectivity index (χ4v) is 2.48. The molecule has 18 heavy (non-hydrogen) atoms. The van der Waals surface area contributed by atoms with Gasteiger partial charge in [0.15, 0.2) is 0 Å². The number of aryl methyl sites for hydroxylation is 1. The lowest BCUT2D eigenvalue weighted by atomic mass is 10.2. The molecule has 5 nitrogen and oxygen atoms in total. The van der Waals surface area contributed by atoms with Crippen LogP contribution in [0.15, 0.2) is 32.3 Å². The summed E-state index contributed by atoms with van der Waals surface area (Å²) in [7, 11) is 1.65. The number of rotatable bonds is 2. The van der Waals surface area contributed by atoms with Gasteiger partial charge in [-0.1, -0.05) is 6.07 Å². The molecule has 0 spiro atoms. The second-order valence-corrected chi connectivity index (χ2v) is 5.22. The van der Waals surface area contributed by atoms with Crippen molar-refractivity contribution in [1.29, 1.82) is 0 Å². The summed E-state index contributed by atoms with van der Waals surface area (Å²) in [6.07, 6.45) is 0. The lowest BCUT2D eigenvalue weighted by Crippen LogP contribution is -2.42. The van der Waals surface area contributed by atoms with Crippen LogP contribution in [-0.4, -0.2) is 15.2 Å². The number of nitrogens with two attached hydrogens (primary N) is 1. The summed E-state index contributed by atoms with van der Waals surface area (Å²) in [6.45, 7) is 1.97. The van der Waals surface area contributed by atoms with Crippen molar-refractivity contribution < 1.29 is 0 Å². The molecule has 1 heterocycles. The highest BCUT2D eigenvalue weighted by Gasteiger charge is 2.13. The molecule has 0 aliphatic rings. The molecule has 1 aromatic heterocycles. The van der Waals surface area contributed by atoms with Crippen LogP contribution in [-0.2, 0) is 13.6 Å². The van der Waals surface area contributed by atoms with Crippen molar-refractivity contribution in [1.82, 2.24) is 9.13 Å². The smallest absolute Gasteiger partial charge is 0.326 e. The van der Waals surface area contributed by atoms with Crippen molar-refractivity contribution >= 4 is 26.8 Å². The minimum absolute atomic E-state index is 0.211. The summed E-state index contributed by atoms with van der Waals surface area (Å²) in [6, 6.07) is 5.07. The highest BCUT2D eigenvalue weighted by Crippen LogP contribution is 2.18. The molecular weight excluding hydrogens is 298 g/mol. The first-order chi connectivity index (χ1) is 8.43. The van der Waals surface area contributed by atoms with Gasteiger partial charge in [-0.3, -0.25) is 13.9 Å². The van der Waals surface area contributed by atoms with Crippen LogP contribution < -0.4 is 17.0 Å². The largest absolute Gasteiger partial charge is 0.331 e. The van der Waals surface area contributed by atoms with Crippen molar-refractivity contribution in [2.45, 2.75) is 19.5 Å². The fraction of sp³-hybridized carbons (Fsp3) is 0.333. The van der Waals surface area contributed by atoms with Crippen LogP contribution in [0, 0.1) is 0 Å². The molecule has 0 aliphatic carbocycles. The Balaban J connectivity index is 2.94. The summed E-state index contributed by atoms with van der Waals surface area (Å²) in [5.41, 5.74) is 5.63. The van der Waals surface area contributed by atoms with Gasteiger partial charge >= 0.3 is 5.69 Å². The molecule has 0 bridgehead atoms. The number of benzene rings is 1. The number of aromatic nitrogens is 2. The molecule has 0 amide bonds. The Morgan fingerprint density at radius 2 is 2.06 bits per heavy atom. The molecule has 6 heteroatoms. The van der Waals surface area contributed by atoms with E-state index in [-0.39, 0.29) is 23.8 Å². The number of halogens is 1. The van der Waals surface area contributed by atoms with E-state index >= 15 is 0 Å². The van der Waals surface area contributed by atoms with Crippen LogP contribution in [0.3, 0.4) is 0 Å². The number of nitrogens with zero attached hydrogens (tertiary/aromatic N) is 2. The number of hydrogen-bond donors (Lipinski definition) is 1. The highest BCUT2D eigenvalue weighted by atomic mass is 79.9. The van der Waals surface area contributed by atoms with E-state index in [2.05, 4.69) is 15.9 Å². The average molecular weight is 312 g/mol. The second-order valence-electron chi connectivity index (χ2n) is 4.37. The van der Waals surface area contributed by atoms with Gasteiger partial charge in [-0.05, 0) is 35.0 Å². The van der Waals surface area contributed by atoms with Gasteiger partial charge in [-0.2, -0.15) is 0 Å². The van der Waals surface area contributed by atoms with Crippen LogP contribution >= 0.6 is 15.9 Å². The molecule has 1 unspecified atom stereocenters. The topological polar surface area (TPSA) is 70.0 Å². The second kappa shape index (κ2) is 4.70. The van der Waals surface area contributed by atoms with Crippen molar-refractivity contribution in [3.8, 4) is 0 Å². The average Bonchev–Trinajstić information content (AvgIpc) is 2.31. The van der Waals surface area contributed by atoms with E-state index in [0.29, 0.717) is 15.4 Å². The number of fused-ring (bicyclic) bond motifs is 1. The lowest BCUT2D eigenvalue weighted by Gasteiger charge is -2.12. The van der Waals surface area contributed by atoms with Crippen LogP contribution in [0.4, 0.5) is 0 Å². The summed E-state index contributed by atoms with van der Waals surface area (Å²) in [4.78, 5) is 24.4. The van der Waals surface area contributed by atoms with Crippen LogP contribution in [0.5, 0.6) is 0 Å². The van der Waals surface area contributed by atoms with Gasteiger partial charge in [0.2, 0.25) is 0 Å². The highest BCUT2D eigenvalue weighted by molar-refractivity contribution is 9.10. The first-order valence-corrected chi connectivity index (χ1v) is 6.36. The van der Waals surface area contributed by atoms with Crippen LogP contribution in [0.25, 0.3) is 10.9 Å². The standard InChI is InChI=1S/C12H14BrN3O2/c1-7(14)6-16-11(17)10-8(13)4-3-5-9(10)15(2)12(16)18/h3-5,7H,6,14H2,1-2H3. The van der Waals surface area contributed by atoms with Gasteiger partial charge in [0, 0.05) is 24.1 Å². The molecule has 0 fully saturated rings. The third kappa shape index (κ3) is 2.02. The zero-order valence-electron chi connectivity index (χ0n) is 10.2. The van der Waals surface area contributed by atoms with Gasteiger partial charge in [0.1, 0.15) is 0 Å². The van der Waals surface area contributed by atoms with Crippen LogP contribution in [0.2, 0.25) is 0 Å². The fourth-order valence-electron chi connectivity index (χ4n) is 1.96. The van der Waals surface area contributed by atoms with Crippen molar-refractivity contribution in [2.75, 3.05) is 0 Å². The molecule has 2 aromatic rings. The Hall–Kier alpha value is -1.40. The van der Waals surface area contributed by atoms with Gasteiger partial charge in [0.25, 0.3) is 5.56 Å². The van der Waals surface area contributed by atoms with Crippen LogP contribution in [0.1, 0.15) is 6.92 Å². The van der Waals surface area contributed by atoms with Gasteiger partial charge < -0.3 is 5.73 Å². The third-order valence-corrected chi connectivity index (χ3v) is 3.46. The maximum Gasteiger partial charge on any atom is 0.331 e. The molecule has 0 radical (unpaired) electrons. The van der Waals surface area contributed by atoms with Crippen molar-refractivity contribution in [3.63, 3.8) is 0 Å². The quantitative estimate of drug-likeness (QED) is 0.892. The minimum Gasteiger partial charge on any atom is -0.326 e. The van der Waals surface area contributed by atoms with Gasteiger partial charge in [-0.25, -0.2) is 4.79 Å². The first kappa shape index (κ1) is 13.0. The molecule has 0 aliphatic heterocycles. The Morgan fingerprint density at radius 3 is 2.67 bits per heavy atom.